The molecule has 1 N–H and O–H groups in total. The Labute approximate surface area is 112 Å². The molecule has 0 saturated carbocycles. The van der Waals surface area contributed by atoms with Crippen LogP contribution in [0, 0.1) is 0 Å². The number of aromatic nitrogens is 1. The van der Waals surface area contributed by atoms with Crippen molar-refractivity contribution in [2.75, 3.05) is 6.61 Å². The number of carboxylic acids is 1. The van der Waals surface area contributed by atoms with Crippen LogP contribution < -0.4 is 0 Å². The van der Waals surface area contributed by atoms with Crippen molar-refractivity contribution in [3.05, 3.63) is 35.5 Å². The zero-order valence-corrected chi connectivity index (χ0v) is 11.5. The number of benzene rings is 1. The van der Waals surface area contributed by atoms with E-state index in [1.807, 2.05) is 13.0 Å². The molecular weight excluding hydrogens is 242 g/mol. The first-order valence-corrected chi connectivity index (χ1v) is 6.49. The van der Waals surface area contributed by atoms with E-state index >= 15 is 0 Å². The van der Waals surface area contributed by atoms with Crippen molar-refractivity contribution in [2.24, 2.45) is 0 Å². The fourth-order valence-corrected chi connectivity index (χ4v) is 2.21. The van der Waals surface area contributed by atoms with Gasteiger partial charge in [-0.2, -0.15) is 0 Å². The van der Waals surface area contributed by atoms with Gasteiger partial charge in [0.05, 0.1) is 12.2 Å². The Kier molecular flexibility index (Phi) is 3.90. The van der Waals surface area contributed by atoms with Crippen LogP contribution in [0.3, 0.4) is 0 Å². The Balaban J connectivity index is 2.57. The predicted octanol–water partition coefficient (Wildman–Crippen LogP) is 3.46. The summed E-state index contributed by atoms with van der Waals surface area (Å²) in [6.07, 6.45) is 2.05. The second kappa shape index (κ2) is 5.45. The normalized spacial score (nSPS) is 11.4. The first kappa shape index (κ1) is 13.6. The smallest absolute Gasteiger partial charge is 0.335 e. The highest BCUT2D eigenvalue weighted by Gasteiger charge is 2.13. The van der Waals surface area contributed by atoms with Crippen molar-refractivity contribution in [1.82, 2.24) is 4.57 Å². The minimum absolute atomic E-state index is 0.280. The largest absolute Gasteiger partial charge is 0.478 e. The van der Waals surface area contributed by atoms with Gasteiger partial charge < -0.3 is 14.4 Å². The van der Waals surface area contributed by atoms with Crippen LogP contribution in [-0.4, -0.2) is 22.2 Å². The topological polar surface area (TPSA) is 51.5 Å². The maximum Gasteiger partial charge on any atom is 0.335 e. The average Bonchev–Trinajstić information content (AvgIpc) is 2.74. The summed E-state index contributed by atoms with van der Waals surface area (Å²) in [4.78, 5) is 11.1. The monoisotopic (exact) mass is 261 g/mol. The summed E-state index contributed by atoms with van der Waals surface area (Å²) in [6, 6.07) is 5.52. The third-order valence-corrected chi connectivity index (χ3v) is 3.18. The van der Waals surface area contributed by atoms with Gasteiger partial charge in [0.15, 0.2) is 0 Å². The third kappa shape index (κ3) is 2.63. The van der Waals surface area contributed by atoms with Crippen LogP contribution >= 0.6 is 0 Å². The quantitative estimate of drug-likeness (QED) is 0.896. The number of rotatable bonds is 5. The van der Waals surface area contributed by atoms with Crippen molar-refractivity contribution in [3.63, 3.8) is 0 Å². The van der Waals surface area contributed by atoms with Crippen molar-refractivity contribution >= 4 is 16.9 Å². The molecule has 0 unspecified atom stereocenters. The average molecular weight is 261 g/mol. The highest BCUT2D eigenvalue weighted by atomic mass is 16.5. The summed E-state index contributed by atoms with van der Waals surface area (Å²) >= 11 is 0. The number of nitrogens with zero attached hydrogens (tertiary/aromatic N) is 1. The van der Waals surface area contributed by atoms with Crippen LogP contribution in [0.1, 0.15) is 42.7 Å². The van der Waals surface area contributed by atoms with E-state index in [2.05, 4.69) is 24.6 Å². The van der Waals surface area contributed by atoms with E-state index < -0.39 is 5.97 Å². The molecule has 0 aliphatic carbocycles. The van der Waals surface area contributed by atoms with Crippen molar-refractivity contribution < 1.29 is 14.6 Å². The molecule has 0 aliphatic rings. The minimum atomic E-state index is -0.898. The van der Waals surface area contributed by atoms with E-state index in [9.17, 15) is 4.79 Å². The molecule has 0 amide bonds. The molecule has 0 radical (unpaired) electrons. The number of hydrogen-bond donors (Lipinski definition) is 1. The second-order valence-corrected chi connectivity index (χ2v) is 4.83. The molecule has 0 spiro atoms. The van der Waals surface area contributed by atoms with Crippen LogP contribution in [-0.2, 0) is 11.3 Å². The number of aromatic carboxylic acids is 1. The summed E-state index contributed by atoms with van der Waals surface area (Å²) in [5.41, 5.74) is 2.36. The van der Waals surface area contributed by atoms with Crippen LogP contribution in [0.4, 0.5) is 0 Å². The lowest BCUT2D eigenvalue weighted by atomic mass is 10.1. The van der Waals surface area contributed by atoms with Gasteiger partial charge in [0.25, 0.3) is 0 Å². The van der Waals surface area contributed by atoms with Crippen LogP contribution in [0.2, 0.25) is 0 Å². The summed E-state index contributed by atoms with van der Waals surface area (Å²) in [7, 11) is 0. The van der Waals surface area contributed by atoms with Gasteiger partial charge in [0.1, 0.15) is 0 Å². The van der Waals surface area contributed by atoms with E-state index in [0.717, 1.165) is 16.5 Å². The van der Waals surface area contributed by atoms with Gasteiger partial charge >= 0.3 is 5.97 Å². The zero-order valence-electron chi connectivity index (χ0n) is 11.5. The Bertz CT molecular complexity index is 599. The van der Waals surface area contributed by atoms with E-state index in [4.69, 9.17) is 9.84 Å². The Hall–Kier alpha value is -1.81. The molecule has 0 aliphatic heterocycles. The number of carbonyl (C=O) groups is 1. The summed E-state index contributed by atoms with van der Waals surface area (Å²) < 4.78 is 7.56. The van der Waals surface area contributed by atoms with Crippen molar-refractivity contribution in [3.8, 4) is 0 Å². The number of carboxylic acid groups (broad SMARTS) is 1. The minimum Gasteiger partial charge on any atom is -0.478 e. The maximum absolute atomic E-state index is 11.1. The fourth-order valence-electron chi connectivity index (χ4n) is 2.21. The van der Waals surface area contributed by atoms with Gasteiger partial charge in [-0.05, 0) is 32.9 Å². The molecule has 2 aromatic rings. The lowest BCUT2D eigenvalue weighted by Crippen LogP contribution is -2.00. The maximum atomic E-state index is 11.1. The lowest BCUT2D eigenvalue weighted by Gasteiger charge is -2.09. The molecule has 0 fully saturated rings. The fraction of sp³-hybridized carbons (Fsp3) is 0.400. The molecule has 0 bridgehead atoms. The highest BCUT2D eigenvalue weighted by molar-refractivity contribution is 5.94. The number of fused-ring (bicyclic) bond motifs is 1. The second-order valence-electron chi connectivity index (χ2n) is 4.83. The summed E-state index contributed by atoms with van der Waals surface area (Å²) in [6.45, 7) is 7.35. The van der Waals surface area contributed by atoms with Crippen LogP contribution in [0.5, 0.6) is 0 Å². The first-order valence-electron chi connectivity index (χ1n) is 6.49. The molecule has 4 nitrogen and oxygen atoms in total. The van der Waals surface area contributed by atoms with Gasteiger partial charge in [-0.1, -0.05) is 6.07 Å². The first-order chi connectivity index (χ1) is 9.04. The standard InChI is InChI=1S/C15H19NO3/c1-4-19-9-12-8-16(10(2)3)14-7-11(15(17)18)5-6-13(12)14/h5-8,10H,4,9H2,1-3H3,(H,17,18). The van der Waals surface area contributed by atoms with Gasteiger partial charge in [0.2, 0.25) is 0 Å². The van der Waals surface area contributed by atoms with E-state index in [-0.39, 0.29) is 6.04 Å². The molecule has 4 heteroatoms. The molecule has 1 aromatic heterocycles. The molecule has 1 heterocycles. The van der Waals surface area contributed by atoms with Crippen LogP contribution in [0.25, 0.3) is 10.9 Å². The predicted molar refractivity (Wildman–Crippen MR) is 74.6 cm³/mol. The number of ether oxygens (including phenoxy) is 1. The summed E-state index contributed by atoms with van der Waals surface area (Å²) in [5.74, 6) is -0.898. The zero-order chi connectivity index (χ0) is 14.0. The van der Waals surface area contributed by atoms with Gasteiger partial charge in [-0.15, -0.1) is 0 Å². The Morgan fingerprint density at radius 2 is 2.16 bits per heavy atom. The molecule has 0 saturated heterocycles. The van der Waals surface area contributed by atoms with Gasteiger partial charge in [0, 0.05) is 35.3 Å². The highest BCUT2D eigenvalue weighted by Crippen LogP contribution is 2.26. The SMILES string of the molecule is CCOCc1cn(C(C)C)c2cc(C(=O)O)ccc12. The molecule has 1 aromatic carbocycles. The van der Waals surface area contributed by atoms with Crippen molar-refractivity contribution in [2.45, 2.75) is 33.4 Å². The van der Waals surface area contributed by atoms with Crippen LogP contribution in [0.15, 0.2) is 24.4 Å². The Morgan fingerprint density at radius 3 is 2.74 bits per heavy atom. The van der Waals surface area contributed by atoms with E-state index in [0.29, 0.717) is 18.8 Å². The van der Waals surface area contributed by atoms with Gasteiger partial charge in [-0.3, -0.25) is 0 Å². The van der Waals surface area contributed by atoms with E-state index in [1.165, 1.54) is 0 Å². The third-order valence-electron chi connectivity index (χ3n) is 3.18. The molecular formula is C15H19NO3. The van der Waals surface area contributed by atoms with Gasteiger partial charge in [-0.25, -0.2) is 4.79 Å². The Morgan fingerprint density at radius 1 is 1.42 bits per heavy atom. The molecule has 0 atom stereocenters. The summed E-state index contributed by atoms with van der Waals surface area (Å²) in [5, 5.41) is 10.2. The lowest BCUT2D eigenvalue weighted by molar-refractivity contribution is 0.0697. The molecule has 102 valence electrons. The van der Waals surface area contributed by atoms with E-state index in [1.54, 1.807) is 12.1 Å². The molecule has 19 heavy (non-hydrogen) atoms. The van der Waals surface area contributed by atoms with Crippen molar-refractivity contribution in [1.29, 1.82) is 0 Å². The molecule has 2 rings (SSSR count). The number of hydrogen-bond acceptors (Lipinski definition) is 2.